The van der Waals surface area contributed by atoms with Crippen molar-refractivity contribution in [3.63, 3.8) is 0 Å². The van der Waals surface area contributed by atoms with Crippen molar-refractivity contribution in [1.29, 1.82) is 0 Å². The number of hydrogen-bond donors (Lipinski definition) is 2. The molecule has 3 aliphatic rings. The number of aromatic amines is 1. The fraction of sp³-hybridized carbons (Fsp3) is 0.538. The molecule has 4 heterocycles. The molecule has 1 spiro atoms. The molecule has 6 rings (SSSR count). The largest absolute Gasteiger partial charge is 0.444 e. The van der Waals surface area contributed by atoms with Crippen molar-refractivity contribution in [1.82, 2.24) is 25.1 Å². The zero-order valence-corrected chi connectivity index (χ0v) is 20.7. The van der Waals surface area contributed by atoms with Gasteiger partial charge in [0, 0.05) is 54.7 Å². The average molecular weight is 476 g/mol. The second kappa shape index (κ2) is 8.10. The standard InChI is InChI=1S/C26H33N7O2/c1-25(2,3)35-24(34)32-12-10-26(11-13-32)15-33(16-26)23-27-19-7-5-4-6-18(19)22(29-23)28-21-14-20(30-31-21)17-8-9-17/h4-7,14,17H,8-13,15-16H2,1-3H3,(H2,27,28,29,30,31). The lowest BCUT2D eigenvalue weighted by Gasteiger charge is -2.53. The van der Waals surface area contributed by atoms with Gasteiger partial charge in [-0.2, -0.15) is 10.1 Å². The van der Waals surface area contributed by atoms with Crippen LogP contribution in [0.2, 0.25) is 0 Å². The smallest absolute Gasteiger partial charge is 0.410 e. The summed E-state index contributed by atoms with van der Waals surface area (Å²) in [5, 5.41) is 12.0. The maximum absolute atomic E-state index is 12.4. The number of fused-ring (bicyclic) bond motifs is 1. The summed E-state index contributed by atoms with van der Waals surface area (Å²) in [6.45, 7) is 9.00. The number of para-hydroxylation sites is 1. The summed E-state index contributed by atoms with van der Waals surface area (Å²) in [5.74, 6) is 2.93. The van der Waals surface area contributed by atoms with Crippen molar-refractivity contribution in [3.05, 3.63) is 36.0 Å². The second-order valence-electron chi connectivity index (χ2n) is 11.3. The van der Waals surface area contributed by atoms with E-state index in [0.717, 1.165) is 67.5 Å². The Morgan fingerprint density at radius 1 is 1.14 bits per heavy atom. The molecular formula is C26H33N7O2. The normalized spacial score (nSPS) is 19.6. The Balaban J connectivity index is 1.15. The summed E-state index contributed by atoms with van der Waals surface area (Å²) in [6, 6.07) is 10.2. The number of carbonyl (C=O) groups excluding carboxylic acids is 1. The van der Waals surface area contributed by atoms with Crippen LogP contribution < -0.4 is 10.2 Å². The third-order valence-corrected chi connectivity index (χ3v) is 7.26. The third kappa shape index (κ3) is 4.51. The first-order valence-corrected chi connectivity index (χ1v) is 12.6. The molecule has 3 fully saturated rings. The molecule has 2 aromatic heterocycles. The van der Waals surface area contributed by atoms with Crippen molar-refractivity contribution in [3.8, 4) is 0 Å². The molecular weight excluding hydrogens is 442 g/mol. The van der Waals surface area contributed by atoms with Gasteiger partial charge in [0.2, 0.25) is 5.95 Å². The van der Waals surface area contributed by atoms with Crippen LogP contribution in [0.4, 0.5) is 22.4 Å². The van der Waals surface area contributed by atoms with E-state index >= 15 is 0 Å². The highest BCUT2D eigenvalue weighted by Crippen LogP contribution is 2.43. The Kier molecular flexibility index (Phi) is 5.12. The molecule has 9 nitrogen and oxygen atoms in total. The topological polar surface area (TPSA) is 99.3 Å². The molecule has 1 aromatic carbocycles. The molecule has 1 saturated carbocycles. The van der Waals surface area contributed by atoms with E-state index in [-0.39, 0.29) is 11.5 Å². The number of piperidine rings is 1. The van der Waals surface area contributed by atoms with Crippen LogP contribution in [0.1, 0.15) is 58.1 Å². The maximum Gasteiger partial charge on any atom is 0.410 e. The number of amides is 1. The van der Waals surface area contributed by atoms with E-state index in [2.05, 4.69) is 26.5 Å². The summed E-state index contributed by atoms with van der Waals surface area (Å²) < 4.78 is 5.55. The predicted octanol–water partition coefficient (Wildman–Crippen LogP) is 4.81. The lowest BCUT2D eigenvalue weighted by Crippen LogP contribution is -2.61. The SMILES string of the molecule is CC(C)(C)OC(=O)N1CCC2(CC1)CN(c1nc(Nc3cc(C4CC4)[nH]n3)c3ccccc3n1)C2. The van der Waals surface area contributed by atoms with Crippen LogP contribution in [0.15, 0.2) is 30.3 Å². The molecule has 184 valence electrons. The molecule has 1 amide bonds. The van der Waals surface area contributed by atoms with E-state index in [1.165, 1.54) is 18.5 Å². The molecule has 1 aliphatic carbocycles. The van der Waals surface area contributed by atoms with Crippen LogP contribution in [0.25, 0.3) is 10.9 Å². The van der Waals surface area contributed by atoms with Gasteiger partial charge < -0.3 is 19.9 Å². The van der Waals surface area contributed by atoms with E-state index < -0.39 is 5.60 Å². The number of H-pyrrole nitrogens is 1. The maximum atomic E-state index is 12.4. The summed E-state index contributed by atoms with van der Waals surface area (Å²) in [7, 11) is 0. The molecule has 2 aliphatic heterocycles. The second-order valence-corrected chi connectivity index (χ2v) is 11.3. The first kappa shape index (κ1) is 22.1. The first-order chi connectivity index (χ1) is 16.8. The van der Waals surface area contributed by atoms with Gasteiger partial charge in [0.25, 0.3) is 0 Å². The average Bonchev–Trinajstić information content (AvgIpc) is 3.55. The number of aromatic nitrogens is 4. The Hall–Kier alpha value is -3.36. The minimum absolute atomic E-state index is 0.208. The quantitative estimate of drug-likeness (QED) is 0.558. The summed E-state index contributed by atoms with van der Waals surface area (Å²) in [4.78, 5) is 26.3. The van der Waals surface area contributed by atoms with Crippen LogP contribution in [-0.2, 0) is 4.74 Å². The number of likely N-dealkylation sites (tertiary alicyclic amines) is 1. The third-order valence-electron chi connectivity index (χ3n) is 7.26. The van der Waals surface area contributed by atoms with Gasteiger partial charge >= 0.3 is 6.09 Å². The number of anilines is 3. The van der Waals surface area contributed by atoms with Crippen molar-refractivity contribution >= 4 is 34.6 Å². The van der Waals surface area contributed by atoms with Gasteiger partial charge in [0.1, 0.15) is 11.4 Å². The van der Waals surface area contributed by atoms with Crippen molar-refractivity contribution < 1.29 is 9.53 Å². The highest BCUT2D eigenvalue weighted by Gasteiger charge is 2.47. The molecule has 35 heavy (non-hydrogen) atoms. The fourth-order valence-electron chi connectivity index (χ4n) is 5.14. The molecule has 0 bridgehead atoms. The molecule has 0 atom stereocenters. The minimum Gasteiger partial charge on any atom is -0.444 e. The van der Waals surface area contributed by atoms with Crippen LogP contribution in [0.3, 0.4) is 0 Å². The van der Waals surface area contributed by atoms with Gasteiger partial charge in [-0.25, -0.2) is 9.78 Å². The number of ether oxygens (including phenoxy) is 1. The molecule has 9 heteroatoms. The van der Waals surface area contributed by atoms with Crippen LogP contribution in [-0.4, -0.2) is 62.9 Å². The zero-order chi connectivity index (χ0) is 24.2. The van der Waals surface area contributed by atoms with E-state index in [1.54, 1.807) is 0 Å². The highest BCUT2D eigenvalue weighted by molar-refractivity contribution is 5.91. The Morgan fingerprint density at radius 3 is 2.60 bits per heavy atom. The van der Waals surface area contributed by atoms with Gasteiger partial charge in [-0.3, -0.25) is 5.10 Å². The number of nitrogens with zero attached hydrogens (tertiary/aromatic N) is 5. The fourth-order valence-corrected chi connectivity index (χ4v) is 5.14. The van der Waals surface area contributed by atoms with Gasteiger partial charge in [-0.15, -0.1) is 0 Å². The van der Waals surface area contributed by atoms with E-state index in [1.807, 2.05) is 49.9 Å². The van der Waals surface area contributed by atoms with E-state index in [9.17, 15) is 4.79 Å². The van der Waals surface area contributed by atoms with E-state index in [4.69, 9.17) is 14.7 Å². The van der Waals surface area contributed by atoms with Crippen LogP contribution in [0, 0.1) is 5.41 Å². The molecule has 3 aromatic rings. The Labute approximate surface area is 205 Å². The van der Waals surface area contributed by atoms with Crippen molar-refractivity contribution in [2.24, 2.45) is 5.41 Å². The number of benzene rings is 1. The van der Waals surface area contributed by atoms with Gasteiger partial charge in [0.05, 0.1) is 5.52 Å². The number of hydrogen-bond acceptors (Lipinski definition) is 7. The lowest BCUT2D eigenvalue weighted by molar-refractivity contribution is 0.00581. The van der Waals surface area contributed by atoms with Crippen LogP contribution >= 0.6 is 0 Å². The molecule has 2 N–H and O–H groups in total. The number of nitrogens with one attached hydrogen (secondary N) is 2. The number of rotatable bonds is 4. The highest BCUT2D eigenvalue weighted by atomic mass is 16.6. The zero-order valence-electron chi connectivity index (χ0n) is 20.7. The minimum atomic E-state index is -0.464. The predicted molar refractivity (Wildman–Crippen MR) is 135 cm³/mol. The van der Waals surface area contributed by atoms with Gasteiger partial charge in [-0.1, -0.05) is 12.1 Å². The number of carbonyl (C=O) groups is 1. The van der Waals surface area contributed by atoms with Crippen molar-refractivity contribution in [2.45, 2.75) is 58.0 Å². The van der Waals surface area contributed by atoms with Gasteiger partial charge in [0.15, 0.2) is 5.82 Å². The Morgan fingerprint density at radius 2 is 1.89 bits per heavy atom. The molecule has 0 radical (unpaired) electrons. The molecule has 2 saturated heterocycles. The summed E-state index contributed by atoms with van der Waals surface area (Å²) in [5.41, 5.74) is 1.85. The summed E-state index contributed by atoms with van der Waals surface area (Å²) in [6.07, 6.45) is 4.19. The monoisotopic (exact) mass is 475 g/mol. The first-order valence-electron chi connectivity index (χ1n) is 12.6. The lowest BCUT2D eigenvalue weighted by atomic mass is 9.72. The Bertz CT molecular complexity index is 1240. The van der Waals surface area contributed by atoms with Crippen LogP contribution in [0.5, 0.6) is 0 Å². The van der Waals surface area contributed by atoms with Crippen molar-refractivity contribution in [2.75, 3.05) is 36.4 Å². The molecule has 0 unspecified atom stereocenters. The summed E-state index contributed by atoms with van der Waals surface area (Å²) >= 11 is 0. The van der Waals surface area contributed by atoms with Gasteiger partial charge in [-0.05, 0) is 58.6 Å². The van der Waals surface area contributed by atoms with E-state index in [0.29, 0.717) is 5.92 Å².